The maximum atomic E-state index is 12.9. The Morgan fingerprint density at radius 1 is 0.963 bits per heavy atom. The molecule has 2 aromatic rings. The van der Waals surface area contributed by atoms with Crippen molar-refractivity contribution in [1.29, 1.82) is 5.26 Å². The average Bonchev–Trinajstić information content (AvgIpc) is 3.36. The Morgan fingerprint density at radius 3 is 2.33 bits per heavy atom. The van der Waals surface area contributed by atoms with Gasteiger partial charge in [-0.3, -0.25) is 9.69 Å². The summed E-state index contributed by atoms with van der Waals surface area (Å²) in [5, 5.41) is 8.96. The molecule has 0 saturated carbocycles. The van der Waals surface area contributed by atoms with E-state index in [1.54, 1.807) is 0 Å². The van der Waals surface area contributed by atoms with Crippen molar-refractivity contribution in [1.82, 2.24) is 9.80 Å². The molecule has 5 rings (SSSR count). The van der Waals surface area contributed by atoms with Crippen LogP contribution in [0.3, 0.4) is 0 Å². The van der Waals surface area contributed by atoms with Crippen LogP contribution < -0.4 is 0 Å². The van der Waals surface area contributed by atoms with Gasteiger partial charge in [0.25, 0.3) is 0 Å². The van der Waals surface area contributed by atoms with Crippen LogP contribution in [0.5, 0.6) is 0 Å². The highest BCUT2D eigenvalue weighted by atomic mass is 16.2. The number of benzene rings is 2. The number of carbonyl (C=O) groups is 1. The van der Waals surface area contributed by atoms with Crippen molar-refractivity contribution in [2.24, 2.45) is 0 Å². The van der Waals surface area contributed by atoms with Crippen LogP contribution in [-0.4, -0.2) is 40.4 Å². The topological polar surface area (TPSA) is 47.3 Å². The van der Waals surface area contributed by atoms with Crippen LogP contribution in [0.1, 0.15) is 35.1 Å². The number of likely N-dealkylation sites (tertiary alicyclic amines) is 2. The summed E-state index contributed by atoms with van der Waals surface area (Å²) < 4.78 is 0. The van der Waals surface area contributed by atoms with Crippen LogP contribution >= 0.6 is 0 Å². The highest BCUT2D eigenvalue weighted by Gasteiger charge is 2.49. The summed E-state index contributed by atoms with van der Waals surface area (Å²) in [5.74, 6) is 0.326. The van der Waals surface area contributed by atoms with Crippen molar-refractivity contribution in [3.8, 4) is 6.07 Å². The number of nitriles is 1. The standard InChI is InChI=1S/C23H23N3O/c24-14-16-5-7-17(8-6-16)15-25-10-9-21-22(25)13-23(27)26(21)20-11-18-3-1-2-4-19(18)12-20/h1-8,20-22H,9-13,15H2/t21-,22-/m0/s1. The molecule has 2 saturated heterocycles. The van der Waals surface area contributed by atoms with E-state index in [2.05, 4.69) is 40.1 Å². The molecule has 27 heavy (non-hydrogen) atoms. The summed E-state index contributed by atoms with van der Waals surface area (Å²) in [7, 11) is 0. The molecule has 136 valence electrons. The lowest BCUT2D eigenvalue weighted by molar-refractivity contribution is -0.131. The fourth-order valence-electron chi connectivity index (χ4n) is 5.28. The Balaban J connectivity index is 1.30. The van der Waals surface area contributed by atoms with Gasteiger partial charge in [-0.2, -0.15) is 5.26 Å². The highest BCUT2D eigenvalue weighted by molar-refractivity contribution is 5.81. The van der Waals surface area contributed by atoms with Gasteiger partial charge in [-0.1, -0.05) is 36.4 Å². The Labute approximate surface area is 160 Å². The van der Waals surface area contributed by atoms with Gasteiger partial charge in [0.2, 0.25) is 5.91 Å². The van der Waals surface area contributed by atoms with Crippen LogP contribution in [-0.2, 0) is 24.2 Å². The first-order valence-corrected chi connectivity index (χ1v) is 9.84. The summed E-state index contributed by atoms with van der Waals surface area (Å²) in [5.41, 5.74) is 4.73. The van der Waals surface area contributed by atoms with Crippen molar-refractivity contribution >= 4 is 5.91 Å². The fraction of sp³-hybridized carbons (Fsp3) is 0.391. The van der Waals surface area contributed by atoms with Crippen molar-refractivity contribution in [2.75, 3.05) is 6.54 Å². The molecule has 0 aromatic heterocycles. The second kappa shape index (κ2) is 6.51. The molecule has 0 unspecified atom stereocenters. The van der Waals surface area contributed by atoms with Gasteiger partial charge in [0.05, 0.1) is 11.6 Å². The minimum atomic E-state index is 0.326. The molecule has 1 amide bonds. The van der Waals surface area contributed by atoms with Gasteiger partial charge in [0.15, 0.2) is 0 Å². The van der Waals surface area contributed by atoms with Gasteiger partial charge in [0, 0.05) is 37.6 Å². The second-order valence-electron chi connectivity index (χ2n) is 8.04. The maximum Gasteiger partial charge on any atom is 0.224 e. The summed E-state index contributed by atoms with van der Waals surface area (Å²) in [6.45, 7) is 1.90. The van der Waals surface area contributed by atoms with Crippen molar-refractivity contribution in [3.05, 3.63) is 70.8 Å². The van der Waals surface area contributed by atoms with Crippen molar-refractivity contribution in [3.63, 3.8) is 0 Å². The van der Waals surface area contributed by atoms with Gasteiger partial charge >= 0.3 is 0 Å². The molecule has 0 N–H and O–H groups in total. The molecule has 2 aliphatic heterocycles. The molecule has 2 fully saturated rings. The molecule has 0 radical (unpaired) electrons. The third-order valence-corrected chi connectivity index (χ3v) is 6.55. The molecule has 1 aliphatic carbocycles. The Morgan fingerprint density at radius 2 is 1.67 bits per heavy atom. The number of nitrogens with zero attached hydrogens (tertiary/aromatic N) is 3. The van der Waals surface area contributed by atoms with Gasteiger partial charge in [-0.15, -0.1) is 0 Å². The SMILES string of the molecule is N#Cc1ccc(CN2CC[C@H]3[C@@H]2CC(=O)N3C2Cc3ccccc3C2)cc1. The van der Waals surface area contributed by atoms with E-state index in [0.29, 0.717) is 36.0 Å². The zero-order chi connectivity index (χ0) is 18.4. The lowest BCUT2D eigenvalue weighted by Crippen LogP contribution is -2.44. The summed E-state index contributed by atoms with van der Waals surface area (Å²) >= 11 is 0. The molecule has 0 spiro atoms. The van der Waals surface area contributed by atoms with Crippen LogP contribution in [0.15, 0.2) is 48.5 Å². The smallest absolute Gasteiger partial charge is 0.224 e. The lowest BCUT2D eigenvalue weighted by Gasteiger charge is -2.30. The van der Waals surface area contributed by atoms with Crippen molar-refractivity contribution < 1.29 is 4.79 Å². The lowest BCUT2D eigenvalue weighted by atomic mass is 10.1. The quantitative estimate of drug-likeness (QED) is 0.849. The molecule has 3 aliphatic rings. The van der Waals surface area contributed by atoms with Gasteiger partial charge in [-0.25, -0.2) is 0 Å². The third kappa shape index (κ3) is 2.83. The van der Waals surface area contributed by atoms with E-state index in [-0.39, 0.29) is 0 Å². The van der Waals surface area contributed by atoms with Gasteiger partial charge in [-0.05, 0) is 48.1 Å². The minimum Gasteiger partial charge on any atom is -0.334 e. The Kier molecular flexibility index (Phi) is 3.98. The second-order valence-corrected chi connectivity index (χ2v) is 8.04. The van der Waals surface area contributed by atoms with Crippen LogP contribution in [0.25, 0.3) is 0 Å². The Bertz CT molecular complexity index is 889. The molecular formula is C23H23N3O. The van der Waals surface area contributed by atoms with Gasteiger partial charge < -0.3 is 4.90 Å². The number of hydrogen-bond acceptors (Lipinski definition) is 3. The van der Waals surface area contributed by atoms with E-state index >= 15 is 0 Å². The van der Waals surface area contributed by atoms with E-state index in [1.165, 1.54) is 16.7 Å². The molecule has 4 heteroatoms. The monoisotopic (exact) mass is 357 g/mol. The summed E-state index contributed by atoms with van der Waals surface area (Å²) in [4.78, 5) is 17.6. The van der Waals surface area contributed by atoms with E-state index < -0.39 is 0 Å². The third-order valence-electron chi connectivity index (χ3n) is 6.55. The molecular weight excluding hydrogens is 334 g/mol. The maximum absolute atomic E-state index is 12.9. The van der Waals surface area contributed by atoms with Crippen molar-refractivity contribution in [2.45, 2.75) is 50.4 Å². The molecule has 2 aromatic carbocycles. The van der Waals surface area contributed by atoms with Crippen LogP contribution in [0, 0.1) is 11.3 Å². The summed E-state index contributed by atoms with van der Waals surface area (Å²) in [6, 6.07) is 19.6. The molecule has 2 atom stereocenters. The highest BCUT2D eigenvalue weighted by Crippen LogP contribution is 2.38. The normalized spacial score (nSPS) is 24.9. The zero-order valence-corrected chi connectivity index (χ0v) is 15.3. The average molecular weight is 357 g/mol. The molecule has 2 heterocycles. The molecule has 0 bridgehead atoms. The number of fused-ring (bicyclic) bond motifs is 2. The first-order valence-electron chi connectivity index (χ1n) is 9.84. The number of amides is 1. The van der Waals surface area contributed by atoms with E-state index in [1.807, 2.05) is 24.3 Å². The first-order chi connectivity index (χ1) is 13.2. The summed E-state index contributed by atoms with van der Waals surface area (Å²) in [6.07, 6.45) is 3.72. The van der Waals surface area contributed by atoms with Crippen LogP contribution in [0.2, 0.25) is 0 Å². The molecule has 4 nitrogen and oxygen atoms in total. The zero-order valence-electron chi connectivity index (χ0n) is 15.3. The number of carbonyl (C=O) groups excluding carboxylic acids is 1. The Hall–Kier alpha value is -2.64. The predicted molar refractivity (Wildman–Crippen MR) is 103 cm³/mol. The predicted octanol–water partition coefficient (Wildman–Crippen LogP) is 2.90. The van der Waals surface area contributed by atoms with E-state index in [9.17, 15) is 4.79 Å². The van der Waals surface area contributed by atoms with E-state index in [4.69, 9.17) is 5.26 Å². The van der Waals surface area contributed by atoms with Crippen LogP contribution in [0.4, 0.5) is 0 Å². The van der Waals surface area contributed by atoms with E-state index in [0.717, 1.165) is 32.4 Å². The first kappa shape index (κ1) is 16.5. The minimum absolute atomic E-state index is 0.326. The number of rotatable bonds is 3. The fourth-order valence-corrected chi connectivity index (χ4v) is 5.28. The largest absolute Gasteiger partial charge is 0.334 e. The number of hydrogen-bond donors (Lipinski definition) is 0. The van der Waals surface area contributed by atoms with Gasteiger partial charge in [0.1, 0.15) is 0 Å².